The summed E-state index contributed by atoms with van der Waals surface area (Å²) in [5.74, 6) is -0.608. The first-order chi connectivity index (χ1) is 8.08. The minimum atomic E-state index is -0.613. The summed E-state index contributed by atoms with van der Waals surface area (Å²) in [7, 11) is 1.21. The number of methoxy groups -OCH3 is 1. The normalized spacial score (nSPS) is 9.88. The molecule has 86 valence electrons. The van der Waals surface area contributed by atoms with Crippen LogP contribution in [0.25, 0.3) is 6.08 Å². The predicted molar refractivity (Wildman–Crippen MR) is 58.9 cm³/mol. The Kier molecular flexibility index (Phi) is 3.95. The van der Waals surface area contributed by atoms with Crippen LogP contribution >= 0.6 is 0 Å². The first-order valence-electron chi connectivity index (χ1n) is 4.53. The van der Waals surface area contributed by atoms with E-state index >= 15 is 0 Å². The lowest BCUT2D eigenvalue weighted by atomic mass is 10.1. The van der Waals surface area contributed by atoms with Gasteiger partial charge >= 0.3 is 5.97 Å². The molecule has 0 N–H and O–H groups in total. The Bertz CT molecular complexity index is 529. The lowest BCUT2D eigenvalue weighted by Gasteiger charge is -1.97. The van der Waals surface area contributed by atoms with Crippen molar-refractivity contribution in [1.82, 2.24) is 0 Å². The maximum atomic E-state index is 10.9. The lowest BCUT2D eigenvalue weighted by Crippen LogP contribution is -1.95. The van der Waals surface area contributed by atoms with Gasteiger partial charge < -0.3 is 4.74 Å². The first kappa shape index (κ1) is 12.4. The number of carbonyl (C=O) groups excluding carboxylic acids is 1. The van der Waals surface area contributed by atoms with E-state index < -0.39 is 10.9 Å². The maximum absolute atomic E-state index is 10.9. The minimum Gasteiger partial charge on any atom is -0.466 e. The molecule has 0 bridgehead atoms. The van der Waals surface area contributed by atoms with E-state index in [-0.39, 0.29) is 16.8 Å². The van der Waals surface area contributed by atoms with Gasteiger partial charge in [0.05, 0.1) is 29.2 Å². The number of ether oxygens (including phenoxy) is 1. The number of nitriles is 1. The summed E-state index contributed by atoms with van der Waals surface area (Å²) in [6.07, 6.45) is 2.35. The van der Waals surface area contributed by atoms with Gasteiger partial charge in [-0.05, 0) is 18.2 Å². The third-order valence-electron chi connectivity index (χ3n) is 1.96. The van der Waals surface area contributed by atoms with Gasteiger partial charge in [0.2, 0.25) is 0 Å². The van der Waals surface area contributed by atoms with E-state index in [1.807, 2.05) is 0 Å². The van der Waals surface area contributed by atoms with Crippen molar-refractivity contribution >= 4 is 17.7 Å². The molecular formula is C11H8N2O4. The molecule has 0 radical (unpaired) electrons. The quantitative estimate of drug-likeness (QED) is 0.342. The highest BCUT2D eigenvalue weighted by Crippen LogP contribution is 2.21. The largest absolute Gasteiger partial charge is 0.466 e. The number of carbonyl (C=O) groups is 1. The summed E-state index contributed by atoms with van der Waals surface area (Å²) in [4.78, 5) is 21.0. The van der Waals surface area contributed by atoms with E-state index in [0.29, 0.717) is 0 Å². The Morgan fingerprint density at radius 2 is 2.29 bits per heavy atom. The summed E-state index contributed by atoms with van der Waals surface area (Å²) in [6.45, 7) is 0. The SMILES string of the molecule is COC(=O)C=Cc1ccc(C#N)cc1[N+](=O)[O-]. The molecule has 17 heavy (non-hydrogen) atoms. The van der Waals surface area contributed by atoms with Crippen LogP contribution in [0.3, 0.4) is 0 Å². The average Bonchev–Trinajstić information content (AvgIpc) is 2.35. The van der Waals surface area contributed by atoms with Crippen molar-refractivity contribution in [2.75, 3.05) is 7.11 Å². The molecule has 1 aromatic carbocycles. The highest BCUT2D eigenvalue weighted by atomic mass is 16.6. The van der Waals surface area contributed by atoms with Crippen LogP contribution in [-0.4, -0.2) is 18.0 Å². The van der Waals surface area contributed by atoms with Crippen LogP contribution in [0.5, 0.6) is 0 Å². The first-order valence-corrected chi connectivity index (χ1v) is 4.53. The number of hydrogen-bond acceptors (Lipinski definition) is 5. The van der Waals surface area contributed by atoms with Gasteiger partial charge in [0.25, 0.3) is 5.69 Å². The molecule has 1 aromatic rings. The number of benzene rings is 1. The van der Waals surface area contributed by atoms with Gasteiger partial charge in [-0.2, -0.15) is 5.26 Å². The van der Waals surface area contributed by atoms with Gasteiger partial charge in [0.15, 0.2) is 0 Å². The highest BCUT2D eigenvalue weighted by Gasteiger charge is 2.12. The molecule has 0 aliphatic heterocycles. The molecule has 6 heteroatoms. The van der Waals surface area contributed by atoms with Gasteiger partial charge in [0, 0.05) is 12.1 Å². The Balaban J connectivity index is 3.16. The third-order valence-corrected chi connectivity index (χ3v) is 1.96. The molecule has 1 rings (SSSR count). The van der Waals surface area contributed by atoms with E-state index in [1.165, 1.54) is 25.3 Å². The Hall–Kier alpha value is -2.68. The van der Waals surface area contributed by atoms with E-state index in [4.69, 9.17) is 5.26 Å². The number of nitro benzene ring substituents is 1. The number of esters is 1. The molecule has 0 fully saturated rings. The minimum absolute atomic E-state index is 0.187. The second kappa shape index (κ2) is 5.42. The number of hydrogen-bond donors (Lipinski definition) is 0. The van der Waals surface area contributed by atoms with Crippen LogP contribution < -0.4 is 0 Å². The van der Waals surface area contributed by atoms with Crippen LogP contribution in [0.2, 0.25) is 0 Å². The summed E-state index contributed by atoms with van der Waals surface area (Å²) in [5, 5.41) is 19.4. The fourth-order valence-corrected chi connectivity index (χ4v) is 1.14. The van der Waals surface area contributed by atoms with Crippen LogP contribution in [0.1, 0.15) is 11.1 Å². The van der Waals surface area contributed by atoms with Crippen LogP contribution in [-0.2, 0) is 9.53 Å². The van der Waals surface area contributed by atoms with Crippen molar-refractivity contribution in [2.45, 2.75) is 0 Å². The van der Waals surface area contributed by atoms with E-state index in [2.05, 4.69) is 4.74 Å². The zero-order valence-electron chi connectivity index (χ0n) is 8.91. The monoisotopic (exact) mass is 232 g/mol. The van der Waals surface area contributed by atoms with E-state index in [9.17, 15) is 14.9 Å². The fourth-order valence-electron chi connectivity index (χ4n) is 1.14. The summed E-state index contributed by atoms with van der Waals surface area (Å²) >= 11 is 0. The van der Waals surface area contributed by atoms with Crippen LogP contribution in [0.15, 0.2) is 24.3 Å². The Morgan fingerprint density at radius 3 is 2.82 bits per heavy atom. The second-order valence-corrected chi connectivity index (χ2v) is 3.00. The standard InChI is InChI=1S/C11H8N2O4/c1-17-11(14)5-4-9-3-2-8(7-12)6-10(9)13(15)16/h2-6H,1H3. The molecule has 0 aromatic heterocycles. The molecule has 0 aliphatic rings. The second-order valence-electron chi connectivity index (χ2n) is 3.00. The maximum Gasteiger partial charge on any atom is 0.330 e. The molecule has 0 unspecified atom stereocenters. The topological polar surface area (TPSA) is 93.2 Å². The van der Waals surface area contributed by atoms with Gasteiger partial charge in [-0.3, -0.25) is 10.1 Å². The number of nitrogens with zero attached hydrogens (tertiary/aromatic N) is 2. The Morgan fingerprint density at radius 1 is 1.59 bits per heavy atom. The molecule has 0 saturated heterocycles. The fraction of sp³-hybridized carbons (Fsp3) is 0.0909. The average molecular weight is 232 g/mol. The van der Waals surface area contributed by atoms with E-state index in [0.717, 1.165) is 12.1 Å². The summed E-state index contributed by atoms with van der Waals surface area (Å²) < 4.78 is 4.37. The predicted octanol–water partition coefficient (Wildman–Crippen LogP) is 1.65. The highest BCUT2D eigenvalue weighted by molar-refractivity contribution is 5.87. The smallest absolute Gasteiger partial charge is 0.330 e. The van der Waals surface area contributed by atoms with Gasteiger partial charge in [-0.1, -0.05) is 0 Å². The van der Waals surface area contributed by atoms with Crippen LogP contribution in [0.4, 0.5) is 5.69 Å². The van der Waals surface area contributed by atoms with Crippen molar-refractivity contribution < 1.29 is 14.5 Å². The lowest BCUT2D eigenvalue weighted by molar-refractivity contribution is -0.385. The summed E-state index contributed by atoms with van der Waals surface area (Å²) in [6, 6.07) is 5.79. The van der Waals surface area contributed by atoms with Crippen molar-refractivity contribution in [3.05, 3.63) is 45.5 Å². The van der Waals surface area contributed by atoms with Crippen LogP contribution in [0, 0.1) is 21.4 Å². The van der Waals surface area contributed by atoms with Gasteiger partial charge in [-0.25, -0.2) is 4.79 Å². The third kappa shape index (κ3) is 3.14. The molecule has 0 spiro atoms. The zero-order valence-corrected chi connectivity index (χ0v) is 8.91. The van der Waals surface area contributed by atoms with Crippen molar-refractivity contribution in [3.8, 4) is 6.07 Å². The summed E-state index contributed by atoms with van der Waals surface area (Å²) in [5.41, 5.74) is 0.190. The zero-order chi connectivity index (χ0) is 12.8. The molecule has 0 aliphatic carbocycles. The number of nitro groups is 1. The molecule has 0 saturated carbocycles. The molecule has 6 nitrogen and oxygen atoms in total. The molecule has 0 amide bonds. The van der Waals surface area contributed by atoms with Gasteiger partial charge in [0.1, 0.15) is 0 Å². The number of rotatable bonds is 3. The molecule has 0 atom stereocenters. The van der Waals surface area contributed by atoms with Crippen molar-refractivity contribution in [2.24, 2.45) is 0 Å². The Labute approximate surface area is 96.9 Å². The molecular weight excluding hydrogens is 224 g/mol. The van der Waals surface area contributed by atoms with Crippen molar-refractivity contribution in [3.63, 3.8) is 0 Å². The van der Waals surface area contributed by atoms with Gasteiger partial charge in [-0.15, -0.1) is 0 Å². The van der Waals surface area contributed by atoms with E-state index in [1.54, 1.807) is 6.07 Å². The molecule has 0 heterocycles. The van der Waals surface area contributed by atoms with Crippen molar-refractivity contribution in [1.29, 1.82) is 5.26 Å².